The highest BCUT2D eigenvalue weighted by Crippen LogP contribution is 2.58. The topological polar surface area (TPSA) is 38.3 Å². The van der Waals surface area contributed by atoms with Crippen molar-refractivity contribution in [2.45, 2.75) is 33.1 Å². The lowest BCUT2D eigenvalue weighted by molar-refractivity contribution is -0.113. The molecule has 4 heteroatoms. The van der Waals surface area contributed by atoms with Crippen molar-refractivity contribution in [3.8, 4) is 0 Å². The first kappa shape index (κ1) is 11.9. The molecule has 2 rings (SSSR count). The van der Waals surface area contributed by atoms with Gasteiger partial charge >= 0.3 is 0 Å². The fourth-order valence-corrected chi connectivity index (χ4v) is 2.58. The molecule has 1 unspecified atom stereocenters. The molecule has 0 saturated heterocycles. The number of hydrogen-bond acceptors (Lipinski definition) is 3. The van der Waals surface area contributed by atoms with Crippen LogP contribution in [0, 0.1) is 17.3 Å². The van der Waals surface area contributed by atoms with Gasteiger partial charge in [-0.3, -0.25) is 15.1 Å². The number of carbonyl (C=O) groups excluding carboxylic acids is 1. The molecule has 0 amide bonds. The van der Waals surface area contributed by atoms with Crippen LogP contribution in [-0.4, -0.2) is 11.8 Å². The zero-order chi connectivity index (χ0) is 11.8. The molecule has 16 heavy (non-hydrogen) atoms. The number of halogens is 1. The number of hydrogen-bond donors (Lipinski definition) is 1. The minimum atomic E-state index is -0.281. The van der Waals surface area contributed by atoms with Crippen molar-refractivity contribution in [1.29, 1.82) is 0 Å². The van der Waals surface area contributed by atoms with Crippen LogP contribution in [0.1, 0.15) is 33.1 Å². The molecule has 0 heterocycles. The van der Waals surface area contributed by atoms with Crippen molar-refractivity contribution in [3.05, 3.63) is 11.8 Å². The van der Waals surface area contributed by atoms with Gasteiger partial charge < -0.3 is 0 Å². The third-order valence-electron chi connectivity index (χ3n) is 3.76. The molecule has 1 atom stereocenters. The van der Waals surface area contributed by atoms with Crippen LogP contribution in [-0.2, 0) is 9.63 Å². The van der Waals surface area contributed by atoms with Gasteiger partial charge in [0.1, 0.15) is 0 Å². The molecule has 0 spiro atoms. The Labute approximate surface area is 101 Å². The molecular weight excluding hydrogens is 226 g/mol. The standard InChI is InChI=1S/C12H18ClNO2/c1-12(2)9(10(12)11(13)15)6-14-16-7-8-4-3-5-8/h6,8,10,14H,3-5,7H2,1-2H3. The van der Waals surface area contributed by atoms with Crippen LogP contribution < -0.4 is 5.48 Å². The lowest BCUT2D eigenvalue weighted by Gasteiger charge is -2.24. The van der Waals surface area contributed by atoms with Crippen molar-refractivity contribution >= 4 is 16.8 Å². The molecule has 2 saturated carbocycles. The van der Waals surface area contributed by atoms with E-state index in [0.717, 1.165) is 12.2 Å². The lowest BCUT2D eigenvalue weighted by Crippen LogP contribution is -2.21. The van der Waals surface area contributed by atoms with E-state index in [1.54, 1.807) is 6.20 Å². The number of allylic oxidation sites excluding steroid dienone is 1. The Morgan fingerprint density at radius 3 is 2.75 bits per heavy atom. The average molecular weight is 244 g/mol. The van der Waals surface area contributed by atoms with Gasteiger partial charge in [-0.25, -0.2) is 0 Å². The summed E-state index contributed by atoms with van der Waals surface area (Å²) in [5, 5.41) is -0.281. The zero-order valence-corrected chi connectivity index (χ0v) is 10.5. The van der Waals surface area contributed by atoms with Gasteiger partial charge in [0, 0.05) is 11.6 Å². The first-order valence-electron chi connectivity index (χ1n) is 5.80. The summed E-state index contributed by atoms with van der Waals surface area (Å²) in [4.78, 5) is 16.4. The Hall–Kier alpha value is -0.540. The zero-order valence-electron chi connectivity index (χ0n) is 9.75. The van der Waals surface area contributed by atoms with E-state index in [0.29, 0.717) is 5.92 Å². The molecule has 90 valence electrons. The van der Waals surface area contributed by atoms with Crippen molar-refractivity contribution in [1.82, 2.24) is 5.48 Å². The van der Waals surface area contributed by atoms with Gasteiger partial charge in [-0.1, -0.05) is 20.3 Å². The Kier molecular flexibility index (Phi) is 3.27. The molecule has 2 aliphatic rings. The Morgan fingerprint density at radius 2 is 2.31 bits per heavy atom. The monoisotopic (exact) mass is 243 g/mol. The van der Waals surface area contributed by atoms with Crippen LogP contribution in [0.3, 0.4) is 0 Å². The summed E-state index contributed by atoms with van der Waals surface area (Å²) in [6, 6.07) is 0. The van der Waals surface area contributed by atoms with Gasteiger partial charge in [0.05, 0.1) is 12.5 Å². The second-order valence-electron chi connectivity index (χ2n) is 5.28. The fraction of sp³-hybridized carbons (Fsp3) is 0.750. The van der Waals surface area contributed by atoms with E-state index in [1.807, 2.05) is 13.8 Å². The van der Waals surface area contributed by atoms with Crippen LogP contribution in [0.2, 0.25) is 0 Å². The Morgan fingerprint density at radius 1 is 1.62 bits per heavy atom. The Balaban J connectivity index is 1.73. The summed E-state index contributed by atoms with van der Waals surface area (Å²) in [6.45, 7) is 4.78. The summed E-state index contributed by atoms with van der Waals surface area (Å²) < 4.78 is 0. The van der Waals surface area contributed by atoms with Gasteiger partial charge in [0.25, 0.3) is 0 Å². The maximum Gasteiger partial charge on any atom is 0.229 e. The lowest BCUT2D eigenvalue weighted by atomic mass is 9.86. The Bertz CT molecular complexity index is 321. The van der Waals surface area contributed by atoms with Crippen LogP contribution >= 0.6 is 11.6 Å². The smallest absolute Gasteiger partial charge is 0.229 e. The van der Waals surface area contributed by atoms with Gasteiger partial charge in [0.15, 0.2) is 0 Å². The van der Waals surface area contributed by atoms with Crippen molar-refractivity contribution < 1.29 is 9.63 Å². The normalized spacial score (nSPS) is 29.9. The van der Waals surface area contributed by atoms with E-state index in [2.05, 4.69) is 5.48 Å². The summed E-state index contributed by atoms with van der Waals surface area (Å²) in [5.41, 5.74) is 3.74. The molecule has 2 aliphatic carbocycles. The number of hydroxylamine groups is 1. The minimum Gasteiger partial charge on any atom is -0.281 e. The predicted octanol–water partition coefficient (Wildman–Crippen LogP) is 2.61. The van der Waals surface area contributed by atoms with Crippen LogP contribution in [0.5, 0.6) is 0 Å². The van der Waals surface area contributed by atoms with E-state index < -0.39 is 0 Å². The van der Waals surface area contributed by atoms with Crippen molar-refractivity contribution in [3.63, 3.8) is 0 Å². The van der Waals surface area contributed by atoms with Gasteiger partial charge in [-0.2, -0.15) is 0 Å². The summed E-state index contributed by atoms with van der Waals surface area (Å²) >= 11 is 5.50. The maximum atomic E-state index is 11.1. The summed E-state index contributed by atoms with van der Waals surface area (Å²) in [6.07, 6.45) is 5.65. The molecule has 0 bridgehead atoms. The van der Waals surface area contributed by atoms with E-state index in [4.69, 9.17) is 16.4 Å². The van der Waals surface area contributed by atoms with Gasteiger partial charge in [-0.05, 0) is 35.9 Å². The predicted molar refractivity (Wildman–Crippen MR) is 62.6 cm³/mol. The third kappa shape index (κ3) is 2.25. The summed E-state index contributed by atoms with van der Waals surface area (Å²) in [7, 11) is 0. The number of carbonyl (C=O) groups is 1. The van der Waals surface area contributed by atoms with Crippen LogP contribution in [0.25, 0.3) is 0 Å². The van der Waals surface area contributed by atoms with Gasteiger partial charge in [-0.15, -0.1) is 0 Å². The molecule has 0 aromatic rings. The SMILES string of the molecule is CC1(C)C(=CNOCC2CCC2)C1C(=O)Cl. The minimum absolute atomic E-state index is 0.105. The molecule has 0 aromatic heterocycles. The van der Waals surface area contributed by atoms with E-state index in [1.165, 1.54) is 19.3 Å². The molecular formula is C12H18ClNO2. The molecule has 0 radical (unpaired) electrons. The largest absolute Gasteiger partial charge is 0.281 e. The van der Waals surface area contributed by atoms with E-state index >= 15 is 0 Å². The fourth-order valence-electron chi connectivity index (χ4n) is 2.19. The van der Waals surface area contributed by atoms with Gasteiger partial charge in [0.2, 0.25) is 5.24 Å². The molecule has 1 N–H and O–H groups in total. The average Bonchev–Trinajstić information content (AvgIpc) is 2.65. The maximum absolute atomic E-state index is 11.1. The first-order valence-corrected chi connectivity index (χ1v) is 6.18. The highest BCUT2D eigenvalue weighted by Gasteiger charge is 2.56. The second kappa shape index (κ2) is 4.38. The van der Waals surface area contributed by atoms with E-state index in [9.17, 15) is 4.79 Å². The van der Waals surface area contributed by atoms with Crippen molar-refractivity contribution in [2.75, 3.05) is 6.61 Å². The highest BCUT2D eigenvalue weighted by atomic mass is 35.5. The van der Waals surface area contributed by atoms with Crippen molar-refractivity contribution in [2.24, 2.45) is 17.3 Å². The number of nitrogens with one attached hydrogen (secondary N) is 1. The molecule has 2 fully saturated rings. The number of rotatable bonds is 5. The summed E-state index contributed by atoms with van der Waals surface area (Å²) in [5.74, 6) is 0.567. The molecule has 3 nitrogen and oxygen atoms in total. The highest BCUT2D eigenvalue weighted by molar-refractivity contribution is 6.65. The molecule has 0 aliphatic heterocycles. The van der Waals surface area contributed by atoms with Crippen LogP contribution in [0.15, 0.2) is 11.8 Å². The van der Waals surface area contributed by atoms with Crippen LogP contribution in [0.4, 0.5) is 0 Å². The molecule has 0 aromatic carbocycles. The van der Waals surface area contributed by atoms with E-state index in [-0.39, 0.29) is 16.6 Å². The first-order chi connectivity index (χ1) is 7.53. The quantitative estimate of drug-likeness (QED) is 0.458. The third-order valence-corrected chi connectivity index (χ3v) is 3.98. The second-order valence-corrected chi connectivity index (χ2v) is 5.66.